The molecule has 1 aromatic carbocycles. The molecule has 1 fully saturated rings. The molecule has 0 radical (unpaired) electrons. The van der Waals surface area contributed by atoms with Gasteiger partial charge in [0.2, 0.25) is 10.0 Å². The van der Waals surface area contributed by atoms with Gasteiger partial charge in [-0.05, 0) is 31.5 Å². The molecule has 2 aromatic heterocycles. The molecule has 3 heterocycles. The lowest BCUT2D eigenvalue weighted by Gasteiger charge is -2.35. The molecule has 158 valence electrons. The Morgan fingerprint density at radius 1 is 1.00 bits per heavy atom. The van der Waals surface area contributed by atoms with Gasteiger partial charge in [0.25, 0.3) is 0 Å². The molecule has 0 N–H and O–H groups in total. The summed E-state index contributed by atoms with van der Waals surface area (Å²) in [5.41, 5.74) is 0.872. The van der Waals surface area contributed by atoms with Gasteiger partial charge in [-0.2, -0.15) is 4.31 Å². The molecule has 0 bridgehead atoms. The Balaban J connectivity index is 1.54. The van der Waals surface area contributed by atoms with Crippen molar-refractivity contribution in [3.05, 3.63) is 54.4 Å². The molecule has 30 heavy (non-hydrogen) atoms. The first kappa shape index (κ1) is 20.3. The highest BCUT2D eigenvalue weighted by Crippen LogP contribution is 2.29. The van der Waals surface area contributed by atoms with Crippen molar-refractivity contribution in [3.8, 4) is 11.6 Å². The summed E-state index contributed by atoms with van der Waals surface area (Å²) in [6.45, 7) is 5.51. The highest BCUT2D eigenvalue weighted by Gasteiger charge is 2.31. The number of sulfonamides is 1. The molecule has 0 saturated carbocycles. The number of methoxy groups -OCH3 is 1. The van der Waals surface area contributed by atoms with E-state index in [-0.39, 0.29) is 4.90 Å². The molecule has 9 nitrogen and oxygen atoms in total. The second-order valence-corrected chi connectivity index (χ2v) is 9.05. The van der Waals surface area contributed by atoms with Gasteiger partial charge in [0.15, 0.2) is 0 Å². The zero-order valence-electron chi connectivity index (χ0n) is 17.2. The SMILES string of the molecule is COc1ccc(C)cc1S(=O)(=O)N1CCN(c2cc(-n3ccnc3)nc(C)n2)CC1. The van der Waals surface area contributed by atoms with Crippen LogP contribution >= 0.6 is 0 Å². The first-order valence-corrected chi connectivity index (χ1v) is 11.1. The van der Waals surface area contributed by atoms with Crippen molar-refractivity contribution >= 4 is 15.8 Å². The summed E-state index contributed by atoms with van der Waals surface area (Å²) in [6, 6.07) is 7.08. The van der Waals surface area contributed by atoms with Crippen molar-refractivity contribution in [2.45, 2.75) is 18.7 Å². The number of rotatable bonds is 5. The number of hydrogen-bond donors (Lipinski definition) is 0. The number of aromatic nitrogens is 4. The molecule has 0 amide bonds. The number of hydrogen-bond acceptors (Lipinski definition) is 7. The fourth-order valence-electron chi connectivity index (χ4n) is 3.51. The van der Waals surface area contributed by atoms with Crippen molar-refractivity contribution in [1.29, 1.82) is 0 Å². The van der Waals surface area contributed by atoms with Crippen LogP contribution in [0.25, 0.3) is 5.82 Å². The van der Waals surface area contributed by atoms with E-state index < -0.39 is 10.0 Å². The van der Waals surface area contributed by atoms with Gasteiger partial charge in [-0.15, -0.1) is 0 Å². The van der Waals surface area contributed by atoms with E-state index in [9.17, 15) is 8.42 Å². The quantitative estimate of drug-likeness (QED) is 0.612. The largest absolute Gasteiger partial charge is 0.495 e. The number of aryl methyl sites for hydroxylation is 2. The standard InChI is InChI=1S/C20H24N6O3S/c1-15-4-5-17(29-3)18(12-15)30(27,28)26-10-8-24(9-11-26)19-13-20(23-16(2)22-19)25-7-6-21-14-25/h4-7,12-14H,8-11H2,1-3H3. The zero-order chi connectivity index (χ0) is 21.3. The van der Waals surface area contributed by atoms with Crippen molar-refractivity contribution in [2.75, 3.05) is 38.2 Å². The molecule has 10 heteroatoms. The predicted molar refractivity (Wildman–Crippen MR) is 113 cm³/mol. The third-order valence-corrected chi connectivity index (χ3v) is 7.00. The van der Waals surface area contributed by atoms with Crippen LogP contribution < -0.4 is 9.64 Å². The molecular formula is C20H24N6O3S. The van der Waals surface area contributed by atoms with Crippen LogP contribution in [0, 0.1) is 13.8 Å². The normalized spacial score (nSPS) is 15.4. The third-order valence-electron chi connectivity index (χ3n) is 5.08. The summed E-state index contributed by atoms with van der Waals surface area (Å²) in [7, 11) is -2.17. The maximum atomic E-state index is 13.2. The molecule has 1 saturated heterocycles. The molecule has 0 unspecified atom stereocenters. The Morgan fingerprint density at radius 2 is 1.73 bits per heavy atom. The average molecular weight is 429 g/mol. The second kappa shape index (κ2) is 8.04. The fourth-order valence-corrected chi connectivity index (χ4v) is 5.17. The highest BCUT2D eigenvalue weighted by molar-refractivity contribution is 7.89. The van der Waals surface area contributed by atoms with Gasteiger partial charge in [0.05, 0.1) is 7.11 Å². The van der Waals surface area contributed by atoms with Crippen LogP contribution in [0.4, 0.5) is 5.82 Å². The smallest absolute Gasteiger partial charge is 0.246 e. The second-order valence-electron chi connectivity index (χ2n) is 7.15. The van der Waals surface area contributed by atoms with Crippen molar-refractivity contribution in [2.24, 2.45) is 0 Å². The van der Waals surface area contributed by atoms with E-state index in [4.69, 9.17) is 4.74 Å². The first-order valence-electron chi connectivity index (χ1n) is 9.62. The monoisotopic (exact) mass is 428 g/mol. The number of ether oxygens (including phenoxy) is 1. The molecular weight excluding hydrogens is 404 g/mol. The molecule has 1 aliphatic heterocycles. The van der Waals surface area contributed by atoms with Crippen LogP contribution in [0.3, 0.4) is 0 Å². The van der Waals surface area contributed by atoms with Gasteiger partial charge in [-0.1, -0.05) is 6.07 Å². The number of benzene rings is 1. The van der Waals surface area contributed by atoms with Crippen molar-refractivity contribution in [3.63, 3.8) is 0 Å². The zero-order valence-corrected chi connectivity index (χ0v) is 18.0. The predicted octanol–water partition coefficient (Wildman–Crippen LogP) is 1.80. The van der Waals surface area contributed by atoms with E-state index in [1.165, 1.54) is 11.4 Å². The molecule has 4 rings (SSSR count). The minimum Gasteiger partial charge on any atom is -0.495 e. The minimum atomic E-state index is -3.65. The van der Waals surface area contributed by atoms with E-state index in [1.807, 2.05) is 36.7 Å². The summed E-state index contributed by atoms with van der Waals surface area (Å²) in [6.07, 6.45) is 5.21. The van der Waals surface area contributed by atoms with E-state index in [2.05, 4.69) is 19.9 Å². The van der Waals surface area contributed by atoms with Gasteiger partial charge in [0, 0.05) is 44.6 Å². The van der Waals surface area contributed by atoms with Crippen LogP contribution in [0.15, 0.2) is 47.9 Å². The lowest BCUT2D eigenvalue weighted by Crippen LogP contribution is -2.49. The van der Waals surface area contributed by atoms with E-state index >= 15 is 0 Å². The molecule has 0 aliphatic carbocycles. The summed E-state index contributed by atoms with van der Waals surface area (Å²) in [4.78, 5) is 15.3. The van der Waals surface area contributed by atoms with Gasteiger partial charge in [-0.25, -0.2) is 23.4 Å². The lowest BCUT2D eigenvalue weighted by atomic mass is 10.2. The van der Waals surface area contributed by atoms with E-state index in [0.717, 1.165) is 17.2 Å². The maximum Gasteiger partial charge on any atom is 0.246 e. The van der Waals surface area contributed by atoms with Gasteiger partial charge >= 0.3 is 0 Å². The highest BCUT2D eigenvalue weighted by atomic mass is 32.2. The Hall–Kier alpha value is -2.98. The van der Waals surface area contributed by atoms with Crippen LogP contribution in [0.5, 0.6) is 5.75 Å². The summed E-state index contributed by atoms with van der Waals surface area (Å²) in [5, 5.41) is 0. The maximum absolute atomic E-state index is 13.2. The summed E-state index contributed by atoms with van der Waals surface area (Å²) < 4.78 is 35.1. The number of imidazole rings is 1. The number of nitrogens with zero attached hydrogens (tertiary/aromatic N) is 6. The lowest BCUT2D eigenvalue weighted by molar-refractivity contribution is 0.373. The molecule has 0 atom stereocenters. The third kappa shape index (κ3) is 3.88. The van der Waals surface area contributed by atoms with Crippen molar-refractivity contribution < 1.29 is 13.2 Å². The number of piperazine rings is 1. The number of anilines is 1. The molecule has 3 aromatic rings. The van der Waals surface area contributed by atoms with Gasteiger partial charge < -0.3 is 9.64 Å². The minimum absolute atomic E-state index is 0.207. The Kier molecular flexibility index (Phi) is 5.44. The van der Waals surface area contributed by atoms with Crippen LogP contribution in [0.2, 0.25) is 0 Å². The Labute approximate surface area is 176 Å². The average Bonchev–Trinajstić information content (AvgIpc) is 3.28. The van der Waals surface area contributed by atoms with Gasteiger partial charge in [-0.3, -0.25) is 4.57 Å². The van der Waals surface area contributed by atoms with E-state index in [0.29, 0.717) is 37.8 Å². The van der Waals surface area contributed by atoms with Crippen molar-refractivity contribution in [1.82, 2.24) is 23.8 Å². The molecule has 1 aliphatic rings. The van der Waals surface area contributed by atoms with Crippen LogP contribution in [-0.4, -0.2) is 65.5 Å². The fraction of sp³-hybridized carbons (Fsp3) is 0.350. The van der Waals surface area contributed by atoms with E-state index in [1.54, 1.807) is 24.7 Å². The topological polar surface area (TPSA) is 93.5 Å². The van der Waals surface area contributed by atoms with Gasteiger partial charge in [0.1, 0.15) is 34.4 Å². The van der Waals surface area contributed by atoms with Crippen LogP contribution in [-0.2, 0) is 10.0 Å². The first-order chi connectivity index (χ1) is 14.4. The summed E-state index contributed by atoms with van der Waals surface area (Å²) >= 11 is 0. The van der Waals surface area contributed by atoms with Crippen LogP contribution in [0.1, 0.15) is 11.4 Å². The Morgan fingerprint density at radius 3 is 2.40 bits per heavy atom. The molecule has 0 spiro atoms. The summed E-state index contributed by atoms with van der Waals surface area (Å²) in [5.74, 6) is 2.51. The Bertz CT molecular complexity index is 1140.